The first-order valence-corrected chi connectivity index (χ1v) is 20.9. The molecule has 0 N–H and O–H groups in total. The van der Waals surface area contributed by atoms with E-state index in [0.29, 0.717) is 28.2 Å². The van der Waals surface area contributed by atoms with E-state index in [1.54, 1.807) is 0 Å². The second-order valence-corrected chi connectivity index (χ2v) is 20.6. The minimum Gasteiger partial charge on any atom is -0.501 e. The Morgan fingerprint density at radius 3 is 2.17 bits per heavy atom. The van der Waals surface area contributed by atoms with Gasteiger partial charge in [0.15, 0.2) is 0 Å². The summed E-state index contributed by atoms with van der Waals surface area (Å²) < 4.78 is 33.6. The fourth-order valence-electron chi connectivity index (χ4n) is 6.35. The quantitative estimate of drug-likeness (QED) is 0.123. The number of furan rings is 1. The first-order chi connectivity index (χ1) is 24.2. The van der Waals surface area contributed by atoms with Gasteiger partial charge in [-0.05, 0) is 75.3 Å². The largest absolute Gasteiger partial charge is 0.501 e. The normalized spacial score (nSPS) is 11.8. The topological polar surface area (TPSA) is 38.9 Å². The van der Waals surface area contributed by atoms with E-state index in [9.17, 15) is 8.78 Å². The fourth-order valence-corrected chi connectivity index (χ4v) is 7.94. The maximum Gasteiger partial charge on any atom is 0.126 e. The summed E-state index contributed by atoms with van der Waals surface area (Å²) in [7, 11) is -1.34. The van der Waals surface area contributed by atoms with Crippen molar-refractivity contribution in [2.24, 2.45) is 5.92 Å². The Labute approximate surface area is 320 Å². The Hall–Kier alpha value is -4.29. The van der Waals surface area contributed by atoms with E-state index in [4.69, 9.17) is 4.42 Å². The van der Waals surface area contributed by atoms with E-state index in [0.717, 1.165) is 45.8 Å². The Bertz CT molecular complexity index is 2300. The molecule has 0 saturated heterocycles. The van der Waals surface area contributed by atoms with E-state index < -0.39 is 19.7 Å². The minimum absolute atomic E-state index is 0. The van der Waals surface area contributed by atoms with Crippen molar-refractivity contribution in [2.45, 2.75) is 66.1 Å². The summed E-state index contributed by atoms with van der Waals surface area (Å²) >= 11 is 0. The van der Waals surface area contributed by atoms with Gasteiger partial charge in [0.1, 0.15) is 17.2 Å². The Morgan fingerprint density at radius 1 is 0.769 bits per heavy atom. The smallest absolute Gasteiger partial charge is 0.126 e. The van der Waals surface area contributed by atoms with Crippen LogP contribution in [0.25, 0.3) is 55.6 Å². The van der Waals surface area contributed by atoms with Gasteiger partial charge in [0.2, 0.25) is 0 Å². The number of nitrogens with zero attached hydrogens (tertiary/aromatic N) is 2. The van der Waals surface area contributed by atoms with E-state index in [2.05, 4.69) is 101 Å². The average molecular weight is 887 g/mol. The number of pyridine rings is 2. The summed E-state index contributed by atoms with van der Waals surface area (Å²) in [5.41, 5.74) is 8.84. The van der Waals surface area contributed by atoms with Crippen LogP contribution in [-0.4, -0.2) is 18.0 Å². The molecule has 0 aliphatic rings. The number of hydrogen-bond acceptors (Lipinski definition) is 3. The van der Waals surface area contributed by atoms with Crippen molar-refractivity contribution in [3.63, 3.8) is 0 Å². The molecule has 3 heterocycles. The summed E-state index contributed by atoms with van der Waals surface area (Å²) in [6, 6.07) is 33.9. The Morgan fingerprint density at radius 2 is 1.52 bits per heavy atom. The van der Waals surface area contributed by atoms with Crippen LogP contribution in [0, 0.1) is 29.7 Å². The van der Waals surface area contributed by atoms with Crippen LogP contribution in [0.3, 0.4) is 0 Å². The molecule has 0 fully saturated rings. The van der Waals surface area contributed by atoms with Gasteiger partial charge in [-0.25, -0.2) is 8.78 Å². The zero-order chi connectivity index (χ0) is 36.5. The van der Waals surface area contributed by atoms with Gasteiger partial charge < -0.3 is 14.4 Å². The second-order valence-electron chi connectivity index (χ2n) is 15.6. The predicted molar refractivity (Wildman–Crippen MR) is 210 cm³/mol. The first kappa shape index (κ1) is 38.9. The van der Waals surface area contributed by atoms with Crippen molar-refractivity contribution in [1.29, 1.82) is 0 Å². The maximum atomic E-state index is 13.7. The van der Waals surface area contributed by atoms with E-state index in [-0.39, 0.29) is 25.5 Å². The molecule has 269 valence electrons. The fraction of sp³-hybridized carbons (Fsp3) is 0.244. The van der Waals surface area contributed by atoms with Crippen LogP contribution in [0.1, 0.15) is 45.7 Å². The number of benzene rings is 4. The molecule has 4 aromatic carbocycles. The van der Waals surface area contributed by atoms with Gasteiger partial charge in [0, 0.05) is 44.0 Å². The molecule has 7 rings (SSSR count). The van der Waals surface area contributed by atoms with E-state index in [1.165, 1.54) is 28.4 Å². The molecule has 0 spiro atoms. The van der Waals surface area contributed by atoms with Crippen molar-refractivity contribution < 1.29 is 33.3 Å². The molecule has 0 amide bonds. The monoisotopic (exact) mass is 887 g/mol. The van der Waals surface area contributed by atoms with Crippen LogP contribution in [0.4, 0.5) is 8.78 Å². The third-order valence-electron chi connectivity index (χ3n) is 8.92. The van der Waals surface area contributed by atoms with Crippen molar-refractivity contribution in [3.05, 3.63) is 138 Å². The van der Waals surface area contributed by atoms with Crippen LogP contribution in [0.5, 0.6) is 0 Å². The summed E-state index contributed by atoms with van der Waals surface area (Å²) in [6.07, 6.45) is 5.05. The summed E-state index contributed by atoms with van der Waals surface area (Å²) in [5, 5.41) is 3.37. The van der Waals surface area contributed by atoms with Crippen LogP contribution >= 0.6 is 0 Å². The van der Waals surface area contributed by atoms with Gasteiger partial charge in [-0.1, -0.05) is 95.0 Å². The SMILES string of the molecule is CC(C)(C)c1ccnc(-c2[c-]ccc3c2oc2cc(-c4cc(F)cc(F)c4)ccc23)c1.CC(C)Cc1cc(-c2[c-]cccc2)ncc1[Si](C)(C)C.[Ir]. The van der Waals surface area contributed by atoms with Gasteiger partial charge >= 0.3 is 0 Å². The van der Waals surface area contributed by atoms with Gasteiger partial charge in [0.05, 0.1) is 13.7 Å². The number of rotatable bonds is 6. The molecule has 3 aromatic heterocycles. The molecule has 0 aliphatic heterocycles. The average Bonchev–Trinajstić information content (AvgIpc) is 3.46. The molecule has 52 heavy (non-hydrogen) atoms. The van der Waals surface area contributed by atoms with Crippen LogP contribution < -0.4 is 5.19 Å². The predicted octanol–water partition coefficient (Wildman–Crippen LogP) is 12.0. The third-order valence-corrected chi connectivity index (χ3v) is 11.0. The van der Waals surface area contributed by atoms with Gasteiger partial charge in [-0.3, -0.25) is 0 Å². The van der Waals surface area contributed by atoms with E-state index >= 15 is 0 Å². The van der Waals surface area contributed by atoms with Gasteiger partial charge in [0.25, 0.3) is 0 Å². The first-order valence-electron chi connectivity index (χ1n) is 17.4. The number of aromatic nitrogens is 2. The van der Waals surface area contributed by atoms with Crippen LogP contribution in [0.2, 0.25) is 19.6 Å². The molecule has 0 saturated carbocycles. The molecule has 1 radical (unpaired) electrons. The van der Waals surface area contributed by atoms with Crippen molar-refractivity contribution in [3.8, 4) is 33.6 Å². The summed E-state index contributed by atoms with van der Waals surface area (Å²) in [6.45, 7) is 18.2. The summed E-state index contributed by atoms with van der Waals surface area (Å²) in [4.78, 5) is 9.24. The van der Waals surface area contributed by atoms with Crippen molar-refractivity contribution in [2.75, 3.05) is 0 Å². The van der Waals surface area contributed by atoms with Gasteiger partial charge in [-0.2, -0.15) is 0 Å². The zero-order valence-electron chi connectivity index (χ0n) is 31.0. The Kier molecular flexibility index (Phi) is 11.8. The molecule has 0 aliphatic carbocycles. The molecule has 7 aromatic rings. The minimum atomic E-state index is -1.34. The second kappa shape index (κ2) is 15.8. The molecule has 0 bridgehead atoms. The molecule has 3 nitrogen and oxygen atoms in total. The van der Waals surface area contributed by atoms with Gasteiger partial charge in [-0.15, -0.1) is 54.1 Å². The van der Waals surface area contributed by atoms with Crippen molar-refractivity contribution >= 4 is 35.2 Å². The number of fused-ring (bicyclic) bond motifs is 3. The number of halogens is 2. The Balaban J connectivity index is 0.000000217. The summed E-state index contributed by atoms with van der Waals surface area (Å²) in [5.74, 6) is -0.553. The van der Waals surface area contributed by atoms with E-state index in [1.807, 2.05) is 60.8 Å². The third kappa shape index (κ3) is 8.83. The molecule has 7 heteroatoms. The van der Waals surface area contributed by atoms with Crippen molar-refractivity contribution in [1.82, 2.24) is 9.97 Å². The van der Waals surface area contributed by atoms with Crippen LogP contribution in [-0.2, 0) is 31.9 Å². The maximum absolute atomic E-state index is 13.7. The number of hydrogen-bond donors (Lipinski definition) is 0. The molecule has 0 unspecified atom stereocenters. The molecular weight excluding hydrogens is 843 g/mol. The zero-order valence-corrected chi connectivity index (χ0v) is 34.4. The van der Waals surface area contributed by atoms with Crippen LogP contribution in [0.15, 0.2) is 108 Å². The molecular formula is C45H44F2IrN2OSi-2. The standard InChI is InChI=1S/C27H20F2NO.C18H24NSi.Ir/c1-27(2,3)18-9-10-30-24(14-18)23-6-4-5-22-21-8-7-16(13-25(21)31-26(22)23)17-11-19(28)15-20(29)12-17;1-14(2)11-16-12-17(15-9-7-6-8-10-15)19-13-18(16)20(3,4)5;/h4-5,7-15H,1-3H3;6-9,12-14H,11H2,1-5H3;/q2*-1;. The molecule has 0 atom stereocenters.